The molecule has 9 heteroatoms. The van der Waals surface area contributed by atoms with Gasteiger partial charge in [-0.25, -0.2) is 9.38 Å². The van der Waals surface area contributed by atoms with E-state index < -0.39 is 11.7 Å². The highest BCUT2D eigenvalue weighted by atomic mass is 32.2. The summed E-state index contributed by atoms with van der Waals surface area (Å²) >= 11 is 1.14. The molecule has 0 bridgehead atoms. The fraction of sp³-hybridized carbons (Fsp3) is 0.130. The number of amides is 1. The first-order chi connectivity index (χ1) is 15.2. The van der Waals surface area contributed by atoms with Crippen molar-refractivity contribution < 1.29 is 26.8 Å². The van der Waals surface area contributed by atoms with Crippen LogP contribution >= 0.6 is 11.8 Å². The Morgan fingerprint density at radius 3 is 2.53 bits per heavy atom. The van der Waals surface area contributed by atoms with Gasteiger partial charge in [0.1, 0.15) is 17.3 Å². The summed E-state index contributed by atoms with van der Waals surface area (Å²) in [5.74, 6) is -0.0694. The fourth-order valence-electron chi connectivity index (χ4n) is 3.06. The first-order valence-electron chi connectivity index (χ1n) is 9.58. The zero-order valence-corrected chi connectivity index (χ0v) is 17.5. The number of likely N-dealkylation sites (N-methyl/N-ethyl adjacent to an activating group) is 1. The van der Waals surface area contributed by atoms with Crippen molar-refractivity contribution in [3.8, 4) is 11.3 Å². The largest absolute Gasteiger partial charge is 0.457 e. The number of aliphatic imine (C=N–C) groups is 1. The van der Waals surface area contributed by atoms with E-state index in [1.54, 1.807) is 19.1 Å². The van der Waals surface area contributed by atoms with Crippen LogP contribution in [0, 0.1) is 5.82 Å². The number of nitrogens with zero attached hydrogens (tertiary/aromatic N) is 2. The summed E-state index contributed by atoms with van der Waals surface area (Å²) in [7, 11) is 0. The SMILES string of the molecule is CCN1C(=O)/C(=C\c2ccc(-c3cccc(C(F)(F)F)c3)o2)SC1=Nc1ccc(F)cc1. The molecule has 1 aromatic heterocycles. The molecule has 0 saturated carbocycles. The fourth-order valence-corrected chi connectivity index (χ4v) is 4.10. The predicted molar refractivity (Wildman–Crippen MR) is 116 cm³/mol. The number of carbonyl (C=O) groups is 1. The number of thioether (sulfide) groups is 1. The van der Waals surface area contributed by atoms with Gasteiger partial charge >= 0.3 is 6.18 Å². The lowest BCUT2D eigenvalue weighted by atomic mass is 10.1. The Bertz CT molecular complexity index is 1210. The Balaban J connectivity index is 1.60. The maximum atomic E-state index is 13.1. The Kier molecular flexibility index (Phi) is 5.92. The van der Waals surface area contributed by atoms with Crippen molar-refractivity contribution in [2.24, 2.45) is 4.99 Å². The molecule has 2 aromatic carbocycles. The van der Waals surface area contributed by atoms with E-state index in [4.69, 9.17) is 4.42 Å². The van der Waals surface area contributed by atoms with Crippen LogP contribution in [0.3, 0.4) is 0 Å². The Hall–Kier alpha value is -3.33. The van der Waals surface area contributed by atoms with E-state index in [2.05, 4.69) is 4.99 Å². The molecule has 1 aliphatic rings. The van der Waals surface area contributed by atoms with E-state index in [0.717, 1.165) is 23.9 Å². The van der Waals surface area contributed by atoms with Crippen molar-refractivity contribution in [2.75, 3.05) is 6.54 Å². The summed E-state index contributed by atoms with van der Waals surface area (Å²) in [6.45, 7) is 2.19. The molecule has 1 fully saturated rings. The van der Waals surface area contributed by atoms with Crippen molar-refractivity contribution in [2.45, 2.75) is 13.1 Å². The number of carbonyl (C=O) groups excluding carboxylic acids is 1. The second-order valence-electron chi connectivity index (χ2n) is 6.81. The minimum Gasteiger partial charge on any atom is -0.457 e. The topological polar surface area (TPSA) is 45.8 Å². The van der Waals surface area contributed by atoms with Gasteiger partial charge in [-0.1, -0.05) is 12.1 Å². The monoisotopic (exact) mass is 460 g/mol. The molecule has 3 aromatic rings. The van der Waals surface area contributed by atoms with E-state index in [9.17, 15) is 22.4 Å². The summed E-state index contributed by atoms with van der Waals surface area (Å²) in [6.07, 6.45) is -2.93. The van der Waals surface area contributed by atoms with Crippen LogP contribution in [0.5, 0.6) is 0 Å². The van der Waals surface area contributed by atoms with Crippen molar-refractivity contribution >= 4 is 34.6 Å². The molecule has 0 spiro atoms. The van der Waals surface area contributed by atoms with Crippen LogP contribution in [0.4, 0.5) is 23.2 Å². The first kappa shape index (κ1) is 21.9. The molecule has 1 aliphatic heterocycles. The standard InChI is InChI=1S/C23H16F4N2O2S/c1-2-29-21(30)20(32-22(29)28-17-8-6-16(24)7-9-17)13-18-10-11-19(31-18)14-4-3-5-15(12-14)23(25,26)27/h3-13H,2H2,1H3/b20-13+,28-22?. The van der Waals surface area contributed by atoms with E-state index in [-0.39, 0.29) is 23.0 Å². The second kappa shape index (κ2) is 8.66. The highest BCUT2D eigenvalue weighted by Gasteiger charge is 2.33. The lowest BCUT2D eigenvalue weighted by Gasteiger charge is -2.11. The summed E-state index contributed by atoms with van der Waals surface area (Å²) in [5, 5.41) is 0.444. The third-order valence-corrected chi connectivity index (χ3v) is 5.64. The summed E-state index contributed by atoms with van der Waals surface area (Å²) in [6, 6.07) is 13.6. The van der Waals surface area contributed by atoms with Crippen LogP contribution < -0.4 is 0 Å². The van der Waals surface area contributed by atoms with Crippen LogP contribution in [0.2, 0.25) is 0 Å². The lowest BCUT2D eigenvalue weighted by molar-refractivity contribution is -0.137. The quantitative estimate of drug-likeness (QED) is 0.320. The van der Waals surface area contributed by atoms with Crippen molar-refractivity contribution in [1.82, 2.24) is 4.90 Å². The average Bonchev–Trinajstić information content (AvgIpc) is 3.34. The van der Waals surface area contributed by atoms with Gasteiger partial charge in [-0.3, -0.25) is 9.69 Å². The number of alkyl halides is 3. The van der Waals surface area contributed by atoms with Gasteiger partial charge in [-0.15, -0.1) is 0 Å². The summed E-state index contributed by atoms with van der Waals surface area (Å²) < 4.78 is 57.7. The third kappa shape index (κ3) is 4.62. The van der Waals surface area contributed by atoms with Gasteiger partial charge in [-0.2, -0.15) is 13.2 Å². The minimum absolute atomic E-state index is 0.256. The molecule has 0 N–H and O–H groups in total. The number of rotatable bonds is 4. The lowest BCUT2D eigenvalue weighted by Crippen LogP contribution is -2.28. The number of hydrogen-bond acceptors (Lipinski definition) is 4. The highest BCUT2D eigenvalue weighted by Crippen LogP contribution is 2.36. The molecule has 164 valence electrons. The zero-order chi connectivity index (χ0) is 22.9. The molecule has 0 aliphatic carbocycles. The number of halogens is 4. The molecule has 0 radical (unpaired) electrons. The summed E-state index contributed by atoms with van der Waals surface area (Å²) in [5.41, 5.74) is 0.0166. The van der Waals surface area contributed by atoms with E-state index in [1.165, 1.54) is 47.4 Å². The Labute approximate surface area is 185 Å². The van der Waals surface area contributed by atoms with Crippen LogP contribution in [0.25, 0.3) is 17.4 Å². The molecular formula is C23H16F4N2O2S. The molecule has 2 heterocycles. The van der Waals surface area contributed by atoms with Crippen LogP contribution in [0.15, 0.2) is 75.0 Å². The molecule has 4 nitrogen and oxygen atoms in total. The molecule has 0 atom stereocenters. The zero-order valence-electron chi connectivity index (χ0n) is 16.7. The highest BCUT2D eigenvalue weighted by molar-refractivity contribution is 8.18. The van der Waals surface area contributed by atoms with Gasteiger partial charge in [0.15, 0.2) is 5.17 Å². The van der Waals surface area contributed by atoms with Gasteiger partial charge in [0, 0.05) is 18.2 Å². The van der Waals surface area contributed by atoms with E-state index in [0.29, 0.717) is 28.1 Å². The van der Waals surface area contributed by atoms with Crippen molar-refractivity contribution in [3.05, 3.63) is 82.7 Å². The van der Waals surface area contributed by atoms with Gasteiger partial charge in [0.25, 0.3) is 5.91 Å². The van der Waals surface area contributed by atoms with Crippen LogP contribution in [-0.4, -0.2) is 22.5 Å². The second-order valence-corrected chi connectivity index (χ2v) is 7.82. The van der Waals surface area contributed by atoms with E-state index >= 15 is 0 Å². The molecule has 32 heavy (non-hydrogen) atoms. The molecule has 1 amide bonds. The smallest absolute Gasteiger partial charge is 0.416 e. The van der Waals surface area contributed by atoms with Gasteiger partial charge in [0.05, 0.1) is 16.2 Å². The number of amidine groups is 1. The maximum Gasteiger partial charge on any atom is 0.416 e. The molecule has 0 unspecified atom stereocenters. The molecule has 4 rings (SSSR count). The first-order valence-corrected chi connectivity index (χ1v) is 10.4. The van der Waals surface area contributed by atoms with Crippen LogP contribution in [-0.2, 0) is 11.0 Å². The third-order valence-electron chi connectivity index (χ3n) is 4.63. The van der Waals surface area contributed by atoms with Crippen LogP contribution in [0.1, 0.15) is 18.2 Å². The van der Waals surface area contributed by atoms with E-state index in [1.807, 2.05) is 0 Å². The predicted octanol–water partition coefficient (Wildman–Crippen LogP) is 6.73. The minimum atomic E-state index is -4.45. The van der Waals surface area contributed by atoms with Crippen molar-refractivity contribution in [1.29, 1.82) is 0 Å². The molecular weight excluding hydrogens is 444 g/mol. The van der Waals surface area contributed by atoms with Gasteiger partial charge < -0.3 is 4.42 Å². The summed E-state index contributed by atoms with van der Waals surface area (Å²) in [4.78, 5) is 19.0. The normalized spacial score (nSPS) is 17.0. The number of benzene rings is 2. The van der Waals surface area contributed by atoms with Gasteiger partial charge in [-0.05, 0) is 67.2 Å². The Morgan fingerprint density at radius 1 is 1.09 bits per heavy atom. The molecule has 1 saturated heterocycles. The maximum absolute atomic E-state index is 13.1. The average molecular weight is 460 g/mol. The Morgan fingerprint density at radius 2 is 1.84 bits per heavy atom. The number of hydrogen-bond donors (Lipinski definition) is 0. The van der Waals surface area contributed by atoms with Crippen molar-refractivity contribution in [3.63, 3.8) is 0 Å². The van der Waals surface area contributed by atoms with Gasteiger partial charge in [0.2, 0.25) is 0 Å². The number of furan rings is 1.